The standard InChI is InChI=1S/C14H18ClN3/c1-2-7-16-9-13-10-17-14(18-13)8-11-3-5-12(15)6-4-11/h3-6,10,16H,2,7-9H2,1H3,(H,17,18). The predicted molar refractivity (Wildman–Crippen MR) is 74.8 cm³/mol. The second-order valence-corrected chi connectivity index (χ2v) is 4.77. The minimum Gasteiger partial charge on any atom is -0.345 e. The Morgan fingerprint density at radius 3 is 2.78 bits per heavy atom. The number of nitrogens with zero attached hydrogens (tertiary/aromatic N) is 1. The van der Waals surface area contributed by atoms with Gasteiger partial charge in [0.15, 0.2) is 0 Å². The Morgan fingerprint density at radius 1 is 1.28 bits per heavy atom. The smallest absolute Gasteiger partial charge is 0.110 e. The number of halogens is 1. The highest BCUT2D eigenvalue weighted by Crippen LogP contribution is 2.12. The van der Waals surface area contributed by atoms with Gasteiger partial charge in [-0.2, -0.15) is 0 Å². The SMILES string of the molecule is CCCNCc1cnc(Cc2ccc(Cl)cc2)[nH]1. The normalized spacial score (nSPS) is 10.8. The van der Waals surface area contributed by atoms with E-state index in [9.17, 15) is 0 Å². The minimum atomic E-state index is 0.766. The number of rotatable bonds is 6. The lowest BCUT2D eigenvalue weighted by Gasteiger charge is -2.00. The largest absolute Gasteiger partial charge is 0.345 e. The highest BCUT2D eigenvalue weighted by atomic mass is 35.5. The van der Waals surface area contributed by atoms with Gasteiger partial charge in [-0.3, -0.25) is 0 Å². The summed E-state index contributed by atoms with van der Waals surface area (Å²) in [5.74, 6) is 0.991. The molecule has 0 fully saturated rings. The highest BCUT2D eigenvalue weighted by molar-refractivity contribution is 6.30. The zero-order chi connectivity index (χ0) is 12.8. The van der Waals surface area contributed by atoms with Crippen molar-refractivity contribution in [3.8, 4) is 0 Å². The van der Waals surface area contributed by atoms with Crippen molar-refractivity contribution in [2.75, 3.05) is 6.54 Å². The summed E-state index contributed by atoms with van der Waals surface area (Å²) in [4.78, 5) is 7.71. The van der Waals surface area contributed by atoms with E-state index in [4.69, 9.17) is 11.6 Å². The third-order valence-corrected chi connectivity index (χ3v) is 2.96. The number of hydrogen-bond acceptors (Lipinski definition) is 2. The number of aromatic amines is 1. The molecule has 3 nitrogen and oxygen atoms in total. The van der Waals surface area contributed by atoms with Crippen LogP contribution in [0.4, 0.5) is 0 Å². The summed E-state index contributed by atoms with van der Waals surface area (Å²) in [6.45, 7) is 4.04. The van der Waals surface area contributed by atoms with Gasteiger partial charge < -0.3 is 10.3 Å². The molecule has 2 rings (SSSR count). The molecule has 0 spiro atoms. The van der Waals surface area contributed by atoms with Crippen LogP contribution >= 0.6 is 11.6 Å². The Hall–Kier alpha value is -1.32. The van der Waals surface area contributed by atoms with E-state index in [1.54, 1.807) is 0 Å². The first-order valence-corrected chi connectivity index (χ1v) is 6.63. The molecule has 18 heavy (non-hydrogen) atoms. The molecule has 0 radical (unpaired) electrons. The van der Waals surface area contributed by atoms with Crippen molar-refractivity contribution in [3.63, 3.8) is 0 Å². The molecule has 1 heterocycles. The van der Waals surface area contributed by atoms with Gasteiger partial charge in [-0.1, -0.05) is 30.7 Å². The van der Waals surface area contributed by atoms with E-state index in [1.807, 2.05) is 30.5 Å². The Kier molecular flexibility index (Phi) is 4.79. The highest BCUT2D eigenvalue weighted by Gasteiger charge is 2.02. The van der Waals surface area contributed by atoms with Crippen molar-refractivity contribution >= 4 is 11.6 Å². The van der Waals surface area contributed by atoms with Gasteiger partial charge in [0.1, 0.15) is 5.82 Å². The maximum atomic E-state index is 5.86. The molecule has 0 bridgehead atoms. The van der Waals surface area contributed by atoms with Crippen LogP contribution in [0.1, 0.15) is 30.4 Å². The van der Waals surface area contributed by atoms with Crippen molar-refractivity contribution in [1.29, 1.82) is 0 Å². The summed E-state index contributed by atoms with van der Waals surface area (Å²) in [5, 5.41) is 4.11. The molecule has 2 aromatic rings. The molecule has 4 heteroatoms. The summed E-state index contributed by atoms with van der Waals surface area (Å²) >= 11 is 5.86. The first-order chi connectivity index (χ1) is 8.78. The monoisotopic (exact) mass is 263 g/mol. The summed E-state index contributed by atoms with van der Waals surface area (Å²) in [5.41, 5.74) is 2.34. The first kappa shape index (κ1) is 13.1. The van der Waals surface area contributed by atoms with Gasteiger partial charge in [0, 0.05) is 29.9 Å². The zero-order valence-electron chi connectivity index (χ0n) is 10.5. The minimum absolute atomic E-state index is 0.766. The van der Waals surface area contributed by atoms with Crippen LogP contribution in [0, 0.1) is 0 Å². The zero-order valence-corrected chi connectivity index (χ0v) is 11.3. The lowest BCUT2D eigenvalue weighted by Crippen LogP contribution is -2.13. The predicted octanol–water partition coefficient (Wildman–Crippen LogP) is 3.15. The lowest BCUT2D eigenvalue weighted by molar-refractivity contribution is 0.665. The molecule has 0 atom stereocenters. The Balaban J connectivity index is 1.91. The second kappa shape index (κ2) is 6.57. The fraction of sp³-hybridized carbons (Fsp3) is 0.357. The second-order valence-electron chi connectivity index (χ2n) is 4.34. The number of hydrogen-bond donors (Lipinski definition) is 2. The van der Waals surface area contributed by atoms with Crippen LogP contribution in [0.15, 0.2) is 30.5 Å². The maximum absolute atomic E-state index is 5.86. The third-order valence-electron chi connectivity index (χ3n) is 2.71. The van der Waals surface area contributed by atoms with E-state index in [2.05, 4.69) is 22.2 Å². The van der Waals surface area contributed by atoms with Gasteiger partial charge in [0.05, 0.1) is 0 Å². The van der Waals surface area contributed by atoms with E-state index in [0.717, 1.165) is 42.5 Å². The van der Waals surface area contributed by atoms with Crippen LogP contribution < -0.4 is 5.32 Å². The quantitative estimate of drug-likeness (QED) is 0.786. The average molecular weight is 264 g/mol. The number of nitrogens with one attached hydrogen (secondary N) is 2. The van der Waals surface area contributed by atoms with E-state index >= 15 is 0 Å². The van der Waals surface area contributed by atoms with E-state index < -0.39 is 0 Å². The molecular formula is C14H18ClN3. The van der Waals surface area contributed by atoms with Crippen LogP contribution in [0.5, 0.6) is 0 Å². The van der Waals surface area contributed by atoms with Gasteiger partial charge in [-0.05, 0) is 30.7 Å². The number of H-pyrrole nitrogens is 1. The Morgan fingerprint density at radius 2 is 2.06 bits per heavy atom. The molecule has 1 aromatic carbocycles. The third kappa shape index (κ3) is 3.86. The molecule has 0 unspecified atom stereocenters. The van der Waals surface area contributed by atoms with Crippen molar-refractivity contribution in [2.24, 2.45) is 0 Å². The fourth-order valence-electron chi connectivity index (χ4n) is 1.78. The summed E-state index contributed by atoms with van der Waals surface area (Å²) in [6, 6.07) is 7.87. The molecule has 0 amide bonds. The fourth-order valence-corrected chi connectivity index (χ4v) is 1.91. The molecule has 0 aliphatic carbocycles. The Bertz CT molecular complexity index is 476. The molecule has 1 aromatic heterocycles. The molecular weight excluding hydrogens is 246 g/mol. The summed E-state index contributed by atoms with van der Waals surface area (Å²) in [7, 11) is 0. The van der Waals surface area contributed by atoms with E-state index in [0.29, 0.717) is 0 Å². The van der Waals surface area contributed by atoms with Crippen molar-refractivity contribution in [3.05, 3.63) is 52.6 Å². The van der Waals surface area contributed by atoms with Crippen LogP contribution in [0.25, 0.3) is 0 Å². The van der Waals surface area contributed by atoms with Gasteiger partial charge >= 0.3 is 0 Å². The number of benzene rings is 1. The van der Waals surface area contributed by atoms with Crippen LogP contribution in [0.3, 0.4) is 0 Å². The molecule has 0 saturated carbocycles. The van der Waals surface area contributed by atoms with E-state index in [1.165, 1.54) is 5.56 Å². The molecule has 96 valence electrons. The lowest BCUT2D eigenvalue weighted by atomic mass is 10.1. The summed E-state index contributed by atoms with van der Waals surface area (Å²) < 4.78 is 0. The van der Waals surface area contributed by atoms with Gasteiger partial charge in [0.2, 0.25) is 0 Å². The van der Waals surface area contributed by atoms with Crippen LogP contribution in [-0.2, 0) is 13.0 Å². The van der Waals surface area contributed by atoms with Gasteiger partial charge in [-0.25, -0.2) is 4.98 Å². The number of imidazole rings is 1. The van der Waals surface area contributed by atoms with Crippen molar-refractivity contribution in [2.45, 2.75) is 26.3 Å². The van der Waals surface area contributed by atoms with E-state index in [-0.39, 0.29) is 0 Å². The van der Waals surface area contributed by atoms with Crippen LogP contribution in [0.2, 0.25) is 5.02 Å². The maximum Gasteiger partial charge on any atom is 0.110 e. The van der Waals surface area contributed by atoms with Gasteiger partial charge in [0.25, 0.3) is 0 Å². The Labute approximate surface area is 113 Å². The number of aromatic nitrogens is 2. The topological polar surface area (TPSA) is 40.7 Å². The van der Waals surface area contributed by atoms with Crippen LogP contribution in [-0.4, -0.2) is 16.5 Å². The van der Waals surface area contributed by atoms with Gasteiger partial charge in [-0.15, -0.1) is 0 Å². The first-order valence-electron chi connectivity index (χ1n) is 6.26. The molecule has 0 aliphatic heterocycles. The average Bonchev–Trinajstić information content (AvgIpc) is 2.80. The summed E-state index contributed by atoms with van der Waals surface area (Å²) in [6.07, 6.45) is 3.85. The molecule has 0 saturated heterocycles. The van der Waals surface area contributed by atoms with Crippen molar-refractivity contribution < 1.29 is 0 Å². The van der Waals surface area contributed by atoms with Crippen molar-refractivity contribution in [1.82, 2.24) is 15.3 Å². The molecule has 0 aliphatic rings. The molecule has 2 N–H and O–H groups in total.